The zero-order chi connectivity index (χ0) is 15.4. The molecule has 2 aromatic rings. The zero-order valence-corrected chi connectivity index (χ0v) is 11.4. The molecule has 0 amide bonds. The smallest absolute Gasteiger partial charge is 0.172 e. The van der Waals surface area contributed by atoms with E-state index >= 15 is 0 Å². The van der Waals surface area contributed by atoms with Crippen molar-refractivity contribution in [2.75, 3.05) is 11.9 Å². The first kappa shape index (κ1) is 14.8. The second-order valence-electron chi connectivity index (χ2n) is 4.61. The number of amidine groups is 1. The van der Waals surface area contributed by atoms with Gasteiger partial charge in [-0.3, -0.25) is 0 Å². The van der Waals surface area contributed by atoms with E-state index in [0.29, 0.717) is 17.7 Å². The van der Waals surface area contributed by atoms with Crippen LogP contribution in [0.25, 0.3) is 0 Å². The molecular weight excluding hydrogens is 276 g/mol. The molecule has 0 aliphatic rings. The Hall–Kier alpha value is -2.63. The van der Waals surface area contributed by atoms with Crippen molar-refractivity contribution in [3.63, 3.8) is 0 Å². The minimum absolute atomic E-state index is 0.0114. The van der Waals surface area contributed by atoms with E-state index in [1.165, 1.54) is 6.07 Å². The summed E-state index contributed by atoms with van der Waals surface area (Å²) in [4.78, 5) is 1.81. The summed E-state index contributed by atoms with van der Waals surface area (Å²) in [5.74, 6) is -1.77. The van der Waals surface area contributed by atoms with Gasteiger partial charge in [-0.05, 0) is 29.8 Å². The second-order valence-corrected chi connectivity index (χ2v) is 4.61. The van der Waals surface area contributed by atoms with Crippen LogP contribution in [0.1, 0.15) is 11.1 Å². The number of hydrogen-bond acceptors (Lipinski definition) is 3. The molecule has 2 rings (SSSR count). The van der Waals surface area contributed by atoms with E-state index in [2.05, 4.69) is 5.16 Å². The van der Waals surface area contributed by atoms with Crippen LogP contribution in [0.15, 0.2) is 47.6 Å². The number of nitrogens with two attached hydrogens (primary N) is 1. The maximum absolute atomic E-state index is 13.2. The summed E-state index contributed by atoms with van der Waals surface area (Å²) >= 11 is 0. The summed E-state index contributed by atoms with van der Waals surface area (Å²) < 4.78 is 26.2. The van der Waals surface area contributed by atoms with Crippen molar-refractivity contribution >= 4 is 11.5 Å². The highest BCUT2D eigenvalue weighted by atomic mass is 19.2. The van der Waals surface area contributed by atoms with Crippen molar-refractivity contribution in [1.82, 2.24) is 0 Å². The molecule has 6 heteroatoms. The largest absolute Gasteiger partial charge is 0.409 e. The first-order valence-corrected chi connectivity index (χ1v) is 6.25. The first-order valence-electron chi connectivity index (χ1n) is 6.25. The number of anilines is 1. The zero-order valence-electron chi connectivity index (χ0n) is 11.4. The number of hydrogen-bond donors (Lipinski definition) is 2. The molecule has 0 atom stereocenters. The molecule has 21 heavy (non-hydrogen) atoms. The number of para-hydroxylation sites is 1. The van der Waals surface area contributed by atoms with Crippen LogP contribution in [0.2, 0.25) is 0 Å². The fraction of sp³-hybridized carbons (Fsp3) is 0.133. The summed E-state index contributed by atoms with van der Waals surface area (Å²) in [6, 6.07) is 10.8. The molecule has 4 nitrogen and oxygen atoms in total. The minimum atomic E-state index is -0.884. The quantitative estimate of drug-likeness (QED) is 0.394. The highest BCUT2D eigenvalue weighted by Crippen LogP contribution is 2.21. The molecule has 0 saturated heterocycles. The van der Waals surface area contributed by atoms with Crippen LogP contribution in [0.4, 0.5) is 14.5 Å². The van der Waals surface area contributed by atoms with Crippen LogP contribution >= 0.6 is 0 Å². The first-order chi connectivity index (χ1) is 10.0. The van der Waals surface area contributed by atoms with E-state index in [4.69, 9.17) is 10.9 Å². The predicted octanol–water partition coefficient (Wildman–Crippen LogP) is 2.70. The molecule has 0 aliphatic heterocycles. The maximum atomic E-state index is 13.2. The molecular formula is C15H15F2N3O. The molecule has 0 bridgehead atoms. The summed E-state index contributed by atoms with van der Waals surface area (Å²) in [5, 5.41) is 11.8. The Labute approximate surface area is 121 Å². The van der Waals surface area contributed by atoms with Gasteiger partial charge in [-0.2, -0.15) is 0 Å². The van der Waals surface area contributed by atoms with Crippen LogP contribution in [0, 0.1) is 11.6 Å². The molecule has 0 aromatic heterocycles. The van der Waals surface area contributed by atoms with Crippen LogP contribution in [0.5, 0.6) is 0 Å². The van der Waals surface area contributed by atoms with Crippen molar-refractivity contribution in [3.8, 4) is 0 Å². The Morgan fingerprint density at radius 3 is 2.57 bits per heavy atom. The molecule has 0 fully saturated rings. The van der Waals surface area contributed by atoms with Crippen LogP contribution in [0.3, 0.4) is 0 Å². The number of benzene rings is 2. The van der Waals surface area contributed by atoms with Gasteiger partial charge in [0.25, 0.3) is 0 Å². The van der Waals surface area contributed by atoms with E-state index in [1.54, 1.807) is 30.1 Å². The summed E-state index contributed by atoms with van der Waals surface area (Å²) in [7, 11) is 1.78. The molecule has 0 heterocycles. The van der Waals surface area contributed by atoms with Gasteiger partial charge in [-0.15, -0.1) is 0 Å². The number of rotatable bonds is 4. The lowest BCUT2D eigenvalue weighted by Gasteiger charge is -2.22. The average molecular weight is 291 g/mol. The summed E-state index contributed by atoms with van der Waals surface area (Å²) in [6.07, 6.45) is 0. The molecule has 110 valence electrons. The number of nitrogens with zero attached hydrogens (tertiary/aromatic N) is 2. The Morgan fingerprint density at radius 2 is 1.90 bits per heavy atom. The van der Waals surface area contributed by atoms with Gasteiger partial charge in [0.2, 0.25) is 0 Å². The van der Waals surface area contributed by atoms with Crippen molar-refractivity contribution in [2.24, 2.45) is 10.9 Å². The third kappa shape index (κ3) is 3.28. The average Bonchev–Trinajstić information content (AvgIpc) is 2.50. The van der Waals surface area contributed by atoms with Crippen LogP contribution in [-0.2, 0) is 6.54 Å². The molecule has 0 spiro atoms. The lowest BCUT2D eigenvalue weighted by atomic mass is 10.1. The highest BCUT2D eigenvalue weighted by molar-refractivity contribution is 6.02. The normalized spacial score (nSPS) is 11.5. The number of halogens is 2. The lowest BCUT2D eigenvalue weighted by Crippen LogP contribution is -2.22. The molecule has 0 radical (unpaired) electrons. The summed E-state index contributed by atoms with van der Waals surface area (Å²) in [5.41, 5.74) is 7.53. The van der Waals surface area contributed by atoms with Gasteiger partial charge in [0.05, 0.1) is 0 Å². The SMILES string of the molecule is CN(Cc1ccc(F)c(F)c1)c1ccccc1/C(N)=N/O. The fourth-order valence-electron chi connectivity index (χ4n) is 2.07. The Kier molecular flexibility index (Phi) is 4.37. The van der Waals surface area contributed by atoms with E-state index in [-0.39, 0.29) is 5.84 Å². The molecule has 0 unspecified atom stereocenters. The third-order valence-electron chi connectivity index (χ3n) is 3.10. The van der Waals surface area contributed by atoms with Gasteiger partial charge in [0, 0.05) is 24.8 Å². The van der Waals surface area contributed by atoms with Gasteiger partial charge in [0.1, 0.15) is 0 Å². The Bertz CT molecular complexity index is 674. The predicted molar refractivity (Wildman–Crippen MR) is 77.4 cm³/mol. The van der Waals surface area contributed by atoms with Crippen LogP contribution < -0.4 is 10.6 Å². The van der Waals surface area contributed by atoms with Crippen molar-refractivity contribution in [2.45, 2.75) is 6.54 Å². The maximum Gasteiger partial charge on any atom is 0.172 e. The van der Waals surface area contributed by atoms with Gasteiger partial charge < -0.3 is 15.8 Å². The highest BCUT2D eigenvalue weighted by Gasteiger charge is 2.11. The van der Waals surface area contributed by atoms with Gasteiger partial charge in [0.15, 0.2) is 17.5 Å². The minimum Gasteiger partial charge on any atom is -0.409 e. The Morgan fingerprint density at radius 1 is 1.19 bits per heavy atom. The van der Waals surface area contributed by atoms with Crippen molar-refractivity contribution < 1.29 is 14.0 Å². The van der Waals surface area contributed by atoms with Crippen molar-refractivity contribution in [1.29, 1.82) is 0 Å². The Balaban J connectivity index is 2.28. The fourth-order valence-corrected chi connectivity index (χ4v) is 2.07. The van der Waals surface area contributed by atoms with Gasteiger partial charge >= 0.3 is 0 Å². The molecule has 0 aliphatic carbocycles. The third-order valence-corrected chi connectivity index (χ3v) is 3.10. The molecule has 2 aromatic carbocycles. The van der Waals surface area contributed by atoms with E-state index in [9.17, 15) is 8.78 Å². The van der Waals surface area contributed by atoms with Crippen molar-refractivity contribution in [3.05, 3.63) is 65.2 Å². The van der Waals surface area contributed by atoms with E-state index in [0.717, 1.165) is 17.8 Å². The van der Waals surface area contributed by atoms with E-state index < -0.39 is 11.6 Å². The lowest BCUT2D eigenvalue weighted by molar-refractivity contribution is 0.318. The molecule has 0 saturated carbocycles. The second kappa shape index (κ2) is 6.21. The standard InChI is InChI=1S/C15H15F2N3O/c1-20(9-10-6-7-12(16)13(17)8-10)14-5-3-2-4-11(14)15(18)19-21/h2-8,21H,9H2,1H3,(H2,18,19). The van der Waals surface area contributed by atoms with Gasteiger partial charge in [-0.25, -0.2) is 8.78 Å². The monoisotopic (exact) mass is 291 g/mol. The molecule has 3 N–H and O–H groups in total. The number of oxime groups is 1. The van der Waals surface area contributed by atoms with E-state index in [1.807, 2.05) is 6.07 Å². The van der Waals surface area contributed by atoms with Gasteiger partial charge in [-0.1, -0.05) is 23.4 Å². The topological polar surface area (TPSA) is 61.8 Å². The van der Waals surface area contributed by atoms with Crippen LogP contribution in [-0.4, -0.2) is 18.1 Å². The summed E-state index contributed by atoms with van der Waals surface area (Å²) in [6.45, 7) is 0.354.